The summed E-state index contributed by atoms with van der Waals surface area (Å²) < 4.78 is 37.6. The van der Waals surface area contributed by atoms with Gasteiger partial charge < -0.3 is 5.73 Å². The Bertz CT molecular complexity index is 341. The van der Waals surface area contributed by atoms with E-state index in [1.54, 1.807) is 12.1 Å². The fourth-order valence-electron chi connectivity index (χ4n) is 1.66. The minimum Gasteiger partial charge on any atom is -0.330 e. The van der Waals surface area contributed by atoms with Crippen LogP contribution in [0, 0.1) is 5.92 Å². The molecule has 0 fully saturated rings. The number of halogens is 3. The molecule has 0 aliphatic heterocycles. The molecule has 0 aliphatic carbocycles. The van der Waals surface area contributed by atoms with Gasteiger partial charge in [0, 0.05) is 6.54 Å². The molecule has 0 saturated carbocycles. The number of nitrogens with two attached hydrogens (primary N) is 1. The molecule has 0 heterocycles. The first-order valence-electron chi connectivity index (χ1n) is 5.70. The van der Waals surface area contributed by atoms with Crippen LogP contribution in [0.4, 0.5) is 13.2 Å². The highest BCUT2D eigenvalue weighted by Crippen LogP contribution is 2.28. The summed E-state index contributed by atoms with van der Waals surface area (Å²) in [6.07, 6.45) is -4.26. The summed E-state index contributed by atoms with van der Waals surface area (Å²) >= 11 is 0. The van der Waals surface area contributed by atoms with Crippen molar-refractivity contribution in [1.29, 1.82) is 0 Å². The molecule has 96 valence electrons. The summed E-state index contributed by atoms with van der Waals surface area (Å²) in [4.78, 5) is 0. The lowest BCUT2D eigenvalue weighted by Crippen LogP contribution is -2.31. The van der Waals surface area contributed by atoms with Crippen LogP contribution in [-0.4, -0.2) is 12.7 Å². The standard InChI is InChI=1S/C13H18F3N/c1-9(2)11-5-3-10(4-6-11)7-12(8-17)13(14,15)16/h3-6,9,12H,7-8,17H2,1-2H3. The van der Waals surface area contributed by atoms with E-state index < -0.39 is 12.1 Å². The van der Waals surface area contributed by atoms with Crippen LogP contribution in [-0.2, 0) is 6.42 Å². The van der Waals surface area contributed by atoms with Gasteiger partial charge in [-0.2, -0.15) is 13.2 Å². The summed E-state index contributed by atoms with van der Waals surface area (Å²) in [5.74, 6) is -1.07. The van der Waals surface area contributed by atoms with Crippen LogP contribution in [0.25, 0.3) is 0 Å². The molecule has 1 aromatic rings. The minimum atomic E-state index is -4.22. The number of alkyl halides is 3. The first-order valence-corrected chi connectivity index (χ1v) is 5.70. The van der Waals surface area contributed by atoms with Crippen molar-refractivity contribution < 1.29 is 13.2 Å². The van der Waals surface area contributed by atoms with Gasteiger partial charge in [-0.05, 0) is 23.5 Å². The second-order valence-corrected chi connectivity index (χ2v) is 4.57. The van der Waals surface area contributed by atoms with Gasteiger partial charge >= 0.3 is 6.18 Å². The quantitative estimate of drug-likeness (QED) is 0.863. The number of rotatable bonds is 4. The molecule has 4 heteroatoms. The summed E-state index contributed by atoms with van der Waals surface area (Å²) in [7, 11) is 0. The molecule has 0 aliphatic rings. The molecule has 0 amide bonds. The minimum absolute atomic E-state index is 0.0433. The first-order chi connectivity index (χ1) is 7.84. The zero-order chi connectivity index (χ0) is 13.1. The van der Waals surface area contributed by atoms with Crippen molar-refractivity contribution in [3.8, 4) is 0 Å². The predicted octanol–water partition coefficient (Wildman–Crippen LogP) is 3.49. The van der Waals surface area contributed by atoms with Gasteiger partial charge in [0.25, 0.3) is 0 Å². The highest BCUT2D eigenvalue weighted by Gasteiger charge is 2.38. The van der Waals surface area contributed by atoms with E-state index in [1.165, 1.54) is 0 Å². The third-order valence-corrected chi connectivity index (χ3v) is 2.88. The Morgan fingerprint density at radius 1 is 1.12 bits per heavy atom. The fourth-order valence-corrected chi connectivity index (χ4v) is 1.66. The fraction of sp³-hybridized carbons (Fsp3) is 0.538. The highest BCUT2D eigenvalue weighted by atomic mass is 19.4. The molecule has 17 heavy (non-hydrogen) atoms. The van der Waals surface area contributed by atoms with Crippen LogP contribution < -0.4 is 5.73 Å². The predicted molar refractivity (Wildman–Crippen MR) is 62.8 cm³/mol. The zero-order valence-corrected chi connectivity index (χ0v) is 10.1. The lowest BCUT2D eigenvalue weighted by atomic mass is 9.96. The summed E-state index contributed by atoms with van der Waals surface area (Å²) in [5.41, 5.74) is 6.98. The molecule has 1 atom stereocenters. The Labute approximate surface area is 99.8 Å². The van der Waals surface area contributed by atoms with Crippen LogP contribution in [0.1, 0.15) is 30.9 Å². The van der Waals surface area contributed by atoms with E-state index >= 15 is 0 Å². The van der Waals surface area contributed by atoms with E-state index in [0.717, 1.165) is 5.56 Å². The average Bonchev–Trinajstić information content (AvgIpc) is 2.24. The Hall–Kier alpha value is -1.03. The third-order valence-electron chi connectivity index (χ3n) is 2.88. The van der Waals surface area contributed by atoms with Gasteiger partial charge in [-0.25, -0.2) is 0 Å². The van der Waals surface area contributed by atoms with E-state index in [0.29, 0.717) is 11.5 Å². The van der Waals surface area contributed by atoms with Crippen molar-refractivity contribution in [2.75, 3.05) is 6.54 Å². The van der Waals surface area contributed by atoms with Crippen molar-refractivity contribution in [1.82, 2.24) is 0 Å². The molecule has 1 rings (SSSR count). The van der Waals surface area contributed by atoms with Gasteiger partial charge in [-0.3, -0.25) is 0 Å². The van der Waals surface area contributed by atoms with Gasteiger partial charge in [-0.1, -0.05) is 38.1 Å². The van der Waals surface area contributed by atoms with Crippen molar-refractivity contribution >= 4 is 0 Å². The Morgan fingerprint density at radius 2 is 1.65 bits per heavy atom. The maximum Gasteiger partial charge on any atom is 0.393 e. The Kier molecular flexibility index (Phi) is 4.57. The molecule has 0 spiro atoms. The second-order valence-electron chi connectivity index (χ2n) is 4.57. The van der Waals surface area contributed by atoms with Gasteiger partial charge in [0.1, 0.15) is 0 Å². The van der Waals surface area contributed by atoms with E-state index in [2.05, 4.69) is 0 Å². The first kappa shape index (κ1) is 14.0. The number of hydrogen-bond donors (Lipinski definition) is 1. The molecule has 0 bridgehead atoms. The third kappa shape index (κ3) is 4.04. The molecule has 0 saturated heterocycles. The van der Waals surface area contributed by atoms with Crippen molar-refractivity contribution in [3.63, 3.8) is 0 Å². The molecular formula is C13H18F3N. The van der Waals surface area contributed by atoms with Crippen LogP contribution >= 0.6 is 0 Å². The van der Waals surface area contributed by atoms with Crippen molar-refractivity contribution in [2.24, 2.45) is 11.7 Å². The van der Waals surface area contributed by atoms with Crippen LogP contribution in [0.3, 0.4) is 0 Å². The normalized spacial score (nSPS) is 14.1. The maximum absolute atomic E-state index is 12.5. The van der Waals surface area contributed by atoms with E-state index in [1.807, 2.05) is 26.0 Å². The molecule has 0 radical (unpaired) electrons. The van der Waals surface area contributed by atoms with Crippen molar-refractivity contribution in [2.45, 2.75) is 32.4 Å². The average molecular weight is 245 g/mol. The van der Waals surface area contributed by atoms with Gasteiger partial charge in [0.15, 0.2) is 0 Å². The second kappa shape index (κ2) is 5.54. The number of benzene rings is 1. The molecule has 1 nitrogen and oxygen atoms in total. The zero-order valence-electron chi connectivity index (χ0n) is 10.1. The van der Waals surface area contributed by atoms with Crippen LogP contribution in [0.15, 0.2) is 24.3 Å². The lowest BCUT2D eigenvalue weighted by Gasteiger charge is -2.18. The van der Waals surface area contributed by atoms with Gasteiger partial charge in [-0.15, -0.1) is 0 Å². The van der Waals surface area contributed by atoms with Gasteiger partial charge in [0.05, 0.1) is 5.92 Å². The summed E-state index contributed by atoms with van der Waals surface area (Å²) in [6, 6.07) is 7.27. The summed E-state index contributed by atoms with van der Waals surface area (Å²) in [6.45, 7) is 3.73. The van der Waals surface area contributed by atoms with E-state index in [4.69, 9.17) is 5.73 Å². The molecular weight excluding hydrogens is 227 g/mol. The van der Waals surface area contributed by atoms with Crippen molar-refractivity contribution in [3.05, 3.63) is 35.4 Å². The van der Waals surface area contributed by atoms with Crippen LogP contribution in [0.5, 0.6) is 0 Å². The molecule has 0 aromatic heterocycles. The van der Waals surface area contributed by atoms with E-state index in [-0.39, 0.29) is 13.0 Å². The monoisotopic (exact) mass is 245 g/mol. The lowest BCUT2D eigenvalue weighted by molar-refractivity contribution is -0.171. The summed E-state index contributed by atoms with van der Waals surface area (Å²) in [5, 5.41) is 0. The molecule has 1 unspecified atom stereocenters. The SMILES string of the molecule is CC(C)c1ccc(CC(CN)C(F)(F)F)cc1. The topological polar surface area (TPSA) is 26.0 Å². The Morgan fingerprint density at radius 3 is 2.00 bits per heavy atom. The Balaban J connectivity index is 2.74. The highest BCUT2D eigenvalue weighted by molar-refractivity contribution is 5.25. The number of hydrogen-bond acceptors (Lipinski definition) is 1. The van der Waals surface area contributed by atoms with Gasteiger partial charge in [0.2, 0.25) is 0 Å². The largest absolute Gasteiger partial charge is 0.393 e. The molecule has 2 N–H and O–H groups in total. The smallest absolute Gasteiger partial charge is 0.330 e. The van der Waals surface area contributed by atoms with E-state index in [9.17, 15) is 13.2 Å². The maximum atomic E-state index is 12.5. The molecule has 1 aromatic carbocycles. The van der Waals surface area contributed by atoms with Crippen LogP contribution in [0.2, 0.25) is 0 Å².